The van der Waals surface area contributed by atoms with Gasteiger partial charge in [-0.1, -0.05) is 39.5 Å². The molecule has 0 bridgehead atoms. The van der Waals surface area contributed by atoms with Gasteiger partial charge >= 0.3 is 0 Å². The van der Waals surface area contributed by atoms with Crippen LogP contribution in [0.2, 0.25) is 0 Å². The van der Waals surface area contributed by atoms with Crippen molar-refractivity contribution in [3.63, 3.8) is 0 Å². The van der Waals surface area contributed by atoms with Crippen molar-refractivity contribution in [1.29, 1.82) is 0 Å². The van der Waals surface area contributed by atoms with Crippen molar-refractivity contribution in [3.8, 4) is 11.8 Å². The summed E-state index contributed by atoms with van der Waals surface area (Å²) >= 11 is 0. The van der Waals surface area contributed by atoms with E-state index in [-0.39, 0.29) is 34.9 Å². The van der Waals surface area contributed by atoms with Crippen LogP contribution in [-0.4, -0.2) is 18.5 Å². The molecule has 1 amide bonds. The van der Waals surface area contributed by atoms with Gasteiger partial charge in [0.15, 0.2) is 0 Å². The highest BCUT2D eigenvalue weighted by Crippen LogP contribution is 2.62. The third kappa shape index (κ3) is 2.66. The molecule has 1 fully saturated rings. The minimum atomic E-state index is -0.502. The summed E-state index contributed by atoms with van der Waals surface area (Å²) in [6.45, 7) is 8.63. The van der Waals surface area contributed by atoms with Crippen LogP contribution in [0.4, 0.5) is 4.39 Å². The number of benzene rings is 1. The summed E-state index contributed by atoms with van der Waals surface area (Å²) in [5.41, 5.74) is 5.92. The molecule has 1 saturated carbocycles. The molecule has 0 radical (unpaired) electrons. The lowest BCUT2D eigenvalue weighted by Gasteiger charge is -2.07. The largest absolute Gasteiger partial charge is 0.348 e. The average molecular weight is 288 g/mol. The summed E-state index contributed by atoms with van der Waals surface area (Å²) in [7, 11) is 0. The molecule has 4 heteroatoms. The Morgan fingerprint density at radius 3 is 2.43 bits per heavy atom. The second kappa shape index (κ2) is 5.16. The molecule has 0 atom stereocenters. The van der Waals surface area contributed by atoms with Gasteiger partial charge in [0.05, 0.1) is 12.1 Å². The second-order valence-electron chi connectivity index (χ2n) is 6.55. The normalized spacial score (nSPS) is 18.6. The van der Waals surface area contributed by atoms with Gasteiger partial charge in [-0.15, -0.1) is 0 Å². The zero-order chi connectivity index (χ0) is 15.8. The van der Waals surface area contributed by atoms with Crippen molar-refractivity contribution < 1.29 is 9.18 Å². The van der Waals surface area contributed by atoms with E-state index in [0.29, 0.717) is 5.56 Å². The number of halogens is 1. The van der Waals surface area contributed by atoms with Crippen LogP contribution >= 0.6 is 0 Å². The Morgan fingerprint density at radius 2 is 1.95 bits per heavy atom. The summed E-state index contributed by atoms with van der Waals surface area (Å²) in [6.07, 6.45) is 0. The molecule has 0 spiro atoms. The number of hydrogen-bond acceptors (Lipinski definition) is 2. The van der Waals surface area contributed by atoms with Crippen molar-refractivity contribution in [2.45, 2.75) is 33.7 Å². The summed E-state index contributed by atoms with van der Waals surface area (Å²) in [6, 6.07) is 4.41. The fourth-order valence-corrected chi connectivity index (χ4v) is 2.68. The van der Waals surface area contributed by atoms with Crippen molar-refractivity contribution in [1.82, 2.24) is 5.32 Å². The summed E-state index contributed by atoms with van der Waals surface area (Å²) in [5, 5.41) is 2.98. The third-order valence-electron chi connectivity index (χ3n) is 4.85. The maximum absolute atomic E-state index is 13.9. The van der Waals surface area contributed by atoms with Crippen molar-refractivity contribution >= 4 is 5.91 Å². The van der Waals surface area contributed by atoms with Crippen LogP contribution in [0.25, 0.3) is 0 Å². The van der Waals surface area contributed by atoms with Gasteiger partial charge in [-0.3, -0.25) is 4.79 Å². The van der Waals surface area contributed by atoms with Gasteiger partial charge in [0, 0.05) is 11.6 Å². The quantitative estimate of drug-likeness (QED) is 0.820. The van der Waals surface area contributed by atoms with E-state index in [2.05, 4.69) is 44.9 Å². The Hall–Kier alpha value is -1.86. The van der Waals surface area contributed by atoms with Gasteiger partial charge in [-0.25, -0.2) is 4.39 Å². The molecule has 0 aromatic heterocycles. The summed E-state index contributed by atoms with van der Waals surface area (Å²) in [5.74, 6) is 4.48. The highest BCUT2D eigenvalue weighted by molar-refractivity contribution is 5.95. The van der Waals surface area contributed by atoms with Crippen LogP contribution in [-0.2, 0) is 0 Å². The molecule has 3 nitrogen and oxygen atoms in total. The van der Waals surface area contributed by atoms with Crippen LogP contribution in [0.3, 0.4) is 0 Å². The van der Waals surface area contributed by atoms with Gasteiger partial charge in [0.25, 0.3) is 5.91 Å². The molecule has 1 aromatic carbocycles. The van der Waals surface area contributed by atoms with Crippen LogP contribution in [0.15, 0.2) is 18.2 Å². The zero-order valence-electron chi connectivity index (χ0n) is 12.9. The number of carbonyl (C=O) groups excluding carboxylic acids is 1. The fourth-order valence-electron chi connectivity index (χ4n) is 2.68. The molecule has 3 N–H and O–H groups in total. The zero-order valence-corrected chi connectivity index (χ0v) is 12.9. The number of rotatable bonds is 2. The molecular formula is C17H21FN2O. The van der Waals surface area contributed by atoms with Crippen molar-refractivity contribution in [2.24, 2.45) is 16.6 Å². The standard InChI is InChI=1S/C17H21FN2O/c1-16(2)15(17(16,3)4)20-14(21)12-8-7-11(6-5-9-19)13(18)10-12/h7-8,10,15H,9,19H2,1-4H3,(H,20,21). The highest BCUT2D eigenvalue weighted by atomic mass is 19.1. The van der Waals surface area contributed by atoms with E-state index in [1.807, 2.05) is 0 Å². The lowest BCUT2D eigenvalue weighted by Crippen LogP contribution is -2.29. The van der Waals surface area contributed by atoms with Crippen LogP contribution in [0, 0.1) is 28.5 Å². The Bertz CT molecular complexity index is 624. The predicted octanol–water partition coefficient (Wildman–Crippen LogP) is 2.30. The first-order valence-electron chi connectivity index (χ1n) is 7.01. The molecule has 0 aliphatic heterocycles. The summed E-state index contributed by atoms with van der Waals surface area (Å²) in [4.78, 5) is 12.2. The Balaban J connectivity index is 2.13. The molecule has 0 saturated heterocycles. The van der Waals surface area contributed by atoms with E-state index in [1.54, 1.807) is 6.07 Å². The van der Waals surface area contributed by atoms with E-state index < -0.39 is 5.82 Å². The first-order valence-corrected chi connectivity index (χ1v) is 7.01. The lowest BCUT2D eigenvalue weighted by molar-refractivity contribution is 0.0943. The van der Waals surface area contributed by atoms with E-state index in [4.69, 9.17) is 5.73 Å². The van der Waals surface area contributed by atoms with Gasteiger partial charge in [0.2, 0.25) is 0 Å². The highest BCUT2D eigenvalue weighted by Gasteiger charge is 2.65. The molecule has 21 heavy (non-hydrogen) atoms. The lowest BCUT2D eigenvalue weighted by atomic mass is 10.0. The fraction of sp³-hybridized carbons (Fsp3) is 0.471. The van der Waals surface area contributed by atoms with E-state index in [0.717, 1.165) is 0 Å². The molecule has 0 unspecified atom stereocenters. The monoisotopic (exact) mass is 288 g/mol. The molecule has 1 aromatic rings. The number of nitrogens with one attached hydrogen (secondary N) is 1. The minimum absolute atomic E-state index is 0.0494. The van der Waals surface area contributed by atoms with E-state index in [1.165, 1.54) is 12.1 Å². The van der Waals surface area contributed by atoms with Crippen LogP contribution in [0.1, 0.15) is 43.6 Å². The summed E-state index contributed by atoms with van der Waals surface area (Å²) < 4.78 is 13.9. The number of carbonyl (C=O) groups is 1. The first-order chi connectivity index (χ1) is 9.71. The van der Waals surface area contributed by atoms with Crippen molar-refractivity contribution in [2.75, 3.05) is 6.54 Å². The molecule has 1 aliphatic carbocycles. The number of amides is 1. The number of nitrogens with two attached hydrogens (primary N) is 1. The molecule has 2 rings (SSSR count). The van der Waals surface area contributed by atoms with E-state index in [9.17, 15) is 9.18 Å². The van der Waals surface area contributed by atoms with Gasteiger partial charge in [0.1, 0.15) is 5.82 Å². The Morgan fingerprint density at radius 1 is 1.33 bits per heavy atom. The first kappa shape index (κ1) is 15.5. The third-order valence-corrected chi connectivity index (χ3v) is 4.85. The molecular weight excluding hydrogens is 267 g/mol. The van der Waals surface area contributed by atoms with Crippen molar-refractivity contribution in [3.05, 3.63) is 35.1 Å². The van der Waals surface area contributed by atoms with Gasteiger partial charge in [-0.05, 0) is 29.0 Å². The maximum atomic E-state index is 13.9. The SMILES string of the molecule is CC1(C)C(NC(=O)c2ccc(C#CCN)c(F)c2)C1(C)C. The molecule has 1 aliphatic rings. The Labute approximate surface area is 125 Å². The number of hydrogen-bond donors (Lipinski definition) is 2. The minimum Gasteiger partial charge on any atom is -0.348 e. The van der Waals surface area contributed by atoms with Gasteiger partial charge in [-0.2, -0.15) is 0 Å². The topological polar surface area (TPSA) is 55.1 Å². The van der Waals surface area contributed by atoms with Gasteiger partial charge < -0.3 is 11.1 Å². The van der Waals surface area contributed by atoms with E-state index >= 15 is 0 Å². The predicted molar refractivity (Wildman–Crippen MR) is 81.1 cm³/mol. The molecule has 112 valence electrons. The smallest absolute Gasteiger partial charge is 0.251 e. The maximum Gasteiger partial charge on any atom is 0.251 e. The Kier molecular flexibility index (Phi) is 3.81. The molecule has 0 heterocycles. The van der Waals surface area contributed by atoms with Crippen LogP contribution in [0.5, 0.6) is 0 Å². The van der Waals surface area contributed by atoms with Crippen LogP contribution < -0.4 is 11.1 Å². The second-order valence-corrected chi connectivity index (χ2v) is 6.55. The average Bonchev–Trinajstić information content (AvgIpc) is 2.79.